The molecule has 2 aromatic rings. The summed E-state index contributed by atoms with van der Waals surface area (Å²) in [5.74, 6) is 0. The molecule has 0 fully saturated rings. The Labute approximate surface area is 172 Å². The first-order chi connectivity index (χ1) is 12.9. The van der Waals surface area contributed by atoms with E-state index in [1.54, 1.807) is 20.7 Å². The van der Waals surface area contributed by atoms with E-state index >= 15 is 0 Å². The third-order valence-corrected chi connectivity index (χ3v) is 14.9. The number of hydrogen-bond acceptors (Lipinski definition) is 0. The van der Waals surface area contributed by atoms with E-state index in [9.17, 15) is 0 Å². The van der Waals surface area contributed by atoms with Gasteiger partial charge in [-0.1, -0.05) is 135 Å². The lowest BCUT2D eigenvalue weighted by Gasteiger charge is -2.34. The van der Waals surface area contributed by atoms with Crippen LogP contribution in [0.3, 0.4) is 0 Å². The zero-order chi connectivity index (χ0) is 19.9. The third-order valence-electron chi connectivity index (χ3n) is 6.17. The monoisotopic (exact) mass is 412 g/mol. The molecular weight excluding hydrogens is 373 g/mol. The second kappa shape index (κ2) is 10.6. The SMILES string of the molecule is CCCC[Si](CCCC)(c1ccc([SiH](C)C)cc1)c1ccc([SiH](C)C)cc1. The van der Waals surface area contributed by atoms with Crippen LogP contribution >= 0.6 is 0 Å². The highest BCUT2D eigenvalue weighted by molar-refractivity contribution is 7.02. The van der Waals surface area contributed by atoms with Crippen molar-refractivity contribution in [2.75, 3.05) is 0 Å². The Hall–Kier alpha value is -0.909. The first-order valence-corrected chi connectivity index (χ1v) is 19.3. The summed E-state index contributed by atoms with van der Waals surface area (Å²) in [6.07, 6.45) is 5.32. The zero-order valence-electron chi connectivity index (χ0n) is 18.5. The molecule has 0 aromatic heterocycles. The molecule has 0 bridgehead atoms. The summed E-state index contributed by atoms with van der Waals surface area (Å²) in [5, 5.41) is 6.57. The van der Waals surface area contributed by atoms with Crippen LogP contribution in [0, 0.1) is 0 Å². The van der Waals surface area contributed by atoms with Gasteiger partial charge in [0.25, 0.3) is 0 Å². The molecule has 0 aliphatic heterocycles. The Bertz CT molecular complexity index is 610. The summed E-state index contributed by atoms with van der Waals surface area (Å²) in [7, 11) is -3.11. The number of hydrogen-bond donors (Lipinski definition) is 0. The quantitative estimate of drug-likeness (QED) is 0.512. The normalized spacial score (nSPS) is 12.1. The van der Waals surface area contributed by atoms with Gasteiger partial charge in [0.15, 0.2) is 0 Å². The van der Waals surface area contributed by atoms with Crippen LogP contribution in [-0.2, 0) is 0 Å². The van der Waals surface area contributed by atoms with Crippen LogP contribution in [0.25, 0.3) is 0 Å². The second-order valence-corrected chi connectivity index (χ2v) is 19.1. The highest BCUT2D eigenvalue weighted by Crippen LogP contribution is 2.22. The molecule has 0 atom stereocenters. The van der Waals surface area contributed by atoms with Crippen molar-refractivity contribution in [2.24, 2.45) is 0 Å². The molecule has 0 unspecified atom stereocenters. The maximum atomic E-state index is 2.52. The molecule has 2 aromatic carbocycles. The summed E-state index contributed by atoms with van der Waals surface area (Å²) >= 11 is 0. The van der Waals surface area contributed by atoms with Crippen molar-refractivity contribution in [3.63, 3.8) is 0 Å². The van der Waals surface area contributed by atoms with Crippen molar-refractivity contribution in [1.29, 1.82) is 0 Å². The highest BCUT2D eigenvalue weighted by Gasteiger charge is 2.35. The molecule has 0 spiro atoms. The van der Waals surface area contributed by atoms with Gasteiger partial charge >= 0.3 is 0 Å². The minimum Gasteiger partial charge on any atom is -0.0682 e. The van der Waals surface area contributed by atoms with E-state index in [0.29, 0.717) is 0 Å². The topological polar surface area (TPSA) is 0 Å². The maximum Gasteiger partial charge on any atom is 0.118 e. The molecule has 0 saturated heterocycles. The number of rotatable bonds is 10. The first kappa shape index (κ1) is 22.4. The Morgan fingerprint density at radius 2 is 0.926 bits per heavy atom. The average Bonchev–Trinajstić information content (AvgIpc) is 2.69. The largest absolute Gasteiger partial charge is 0.118 e. The van der Waals surface area contributed by atoms with Crippen LogP contribution in [0.2, 0.25) is 38.3 Å². The lowest BCUT2D eigenvalue weighted by molar-refractivity contribution is 0.838. The molecule has 2 rings (SSSR count). The summed E-state index contributed by atoms with van der Waals surface area (Å²) in [6, 6.07) is 22.7. The molecule has 0 nitrogen and oxygen atoms in total. The Morgan fingerprint density at radius 1 is 0.593 bits per heavy atom. The van der Waals surface area contributed by atoms with Crippen molar-refractivity contribution in [2.45, 2.75) is 77.8 Å². The van der Waals surface area contributed by atoms with Crippen molar-refractivity contribution >= 4 is 46.4 Å². The molecule has 0 amide bonds. The minimum absolute atomic E-state index is 0.720. The van der Waals surface area contributed by atoms with Gasteiger partial charge in [-0.2, -0.15) is 0 Å². The van der Waals surface area contributed by atoms with Gasteiger partial charge in [-0.25, -0.2) is 0 Å². The van der Waals surface area contributed by atoms with Crippen molar-refractivity contribution in [3.05, 3.63) is 48.5 Å². The van der Waals surface area contributed by atoms with E-state index in [0.717, 1.165) is 0 Å². The van der Waals surface area contributed by atoms with Gasteiger partial charge in [0.05, 0.1) is 17.6 Å². The van der Waals surface area contributed by atoms with Gasteiger partial charge in [0.2, 0.25) is 0 Å². The lowest BCUT2D eigenvalue weighted by Crippen LogP contribution is -2.58. The summed E-state index contributed by atoms with van der Waals surface area (Å²) in [4.78, 5) is 0. The lowest BCUT2D eigenvalue weighted by atomic mass is 10.3. The fourth-order valence-corrected chi connectivity index (χ4v) is 11.4. The van der Waals surface area contributed by atoms with Crippen molar-refractivity contribution in [3.8, 4) is 0 Å². The van der Waals surface area contributed by atoms with E-state index in [1.807, 2.05) is 0 Å². The minimum atomic E-state index is -1.67. The predicted octanol–water partition coefficient (Wildman–Crippen LogP) is 4.24. The summed E-state index contributed by atoms with van der Waals surface area (Å²) < 4.78 is 0. The number of benzene rings is 2. The molecule has 0 aliphatic rings. The average molecular weight is 413 g/mol. The second-order valence-electron chi connectivity index (χ2n) is 8.84. The van der Waals surface area contributed by atoms with Crippen LogP contribution in [0.15, 0.2) is 48.5 Å². The van der Waals surface area contributed by atoms with Crippen LogP contribution in [-0.4, -0.2) is 25.7 Å². The molecule has 3 heteroatoms. The van der Waals surface area contributed by atoms with E-state index in [4.69, 9.17) is 0 Å². The summed E-state index contributed by atoms with van der Waals surface area (Å²) in [5.41, 5.74) is 0. The molecule has 0 heterocycles. The van der Waals surface area contributed by atoms with E-state index in [1.165, 1.54) is 37.8 Å². The van der Waals surface area contributed by atoms with Crippen LogP contribution in [0.5, 0.6) is 0 Å². The van der Waals surface area contributed by atoms with E-state index in [-0.39, 0.29) is 0 Å². The van der Waals surface area contributed by atoms with Gasteiger partial charge in [0, 0.05) is 0 Å². The standard InChI is InChI=1S/C24H40Si3/c1-7-9-19-27(20-10-8-2,23-15-11-21(12-16-23)25(3)4)24-17-13-22(14-18-24)26(5)6/h11-18,25-26H,7-10,19-20H2,1-6H3. The smallest absolute Gasteiger partial charge is 0.0682 e. The van der Waals surface area contributed by atoms with Gasteiger partial charge in [-0.15, -0.1) is 0 Å². The Balaban J connectivity index is 2.53. The molecule has 148 valence electrons. The molecular formula is C24H40Si3. The first-order valence-electron chi connectivity index (χ1n) is 11.2. The molecule has 0 N–H and O–H groups in total. The Morgan fingerprint density at radius 3 is 1.19 bits per heavy atom. The molecule has 0 aliphatic carbocycles. The van der Waals surface area contributed by atoms with Crippen LogP contribution in [0.1, 0.15) is 39.5 Å². The van der Waals surface area contributed by atoms with Gasteiger partial charge in [-0.3, -0.25) is 0 Å². The van der Waals surface area contributed by atoms with Gasteiger partial charge in [0.1, 0.15) is 8.07 Å². The van der Waals surface area contributed by atoms with Crippen LogP contribution in [0.4, 0.5) is 0 Å². The Kier molecular flexibility index (Phi) is 8.77. The highest BCUT2D eigenvalue weighted by atomic mass is 28.3. The van der Waals surface area contributed by atoms with Gasteiger partial charge in [-0.05, 0) is 12.1 Å². The molecule has 27 heavy (non-hydrogen) atoms. The predicted molar refractivity (Wildman–Crippen MR) is 134 cm³/mol. The third kappa shape index (κ3) is 5.55. The maximum absolute atomic E-state index is 2.52. The van der Waals surface area contributed by atoms with Crippen LogP contribution < -0.4 is 20.7 Å². The summed E-state index contributed by atoms with van der Waals surface area (Å²) in [6.45, 7) is 14.4. The number of unbranched alkanes of at least 4 members (excludes halogenated alkanes) is 2. The van der Waals surface area contributed by atoms with E-state index in [2.05, 4.69) is 88.6 Å². The van der Waals surface area contributed by atoms with Gasteiger partial charge < -0.3 is 0 Å². The zero-order valence-corrected chi connectivity index (χ0v) is 21.8. The molecule has 0 radical (unpaired) electrons. The van der Waals surface area contributed by atoms with E-state index < -0.39 is 25.7 Å². The fourth-order valence-electron chi connectivity index (χ4n) is 4.20. The fraction of sp³-hybridized carbons (Fsp3) is 0.500. The van der Waals surface area contributed by atoms with Crippen molar-refractivity contribution in [1.82, 2.24) is 0 Å². The molecule has 0 saturated carbocycles. The van der Waals surface area contributed by atoms with Crippen molar-refractivity contribution < 1.29 is 0 Å².